The van der Waals surface area contributed by atoms with E-state index in [1.165, 1.54) is 37.8 Å². The van der Waals surface area contributed by atoms with Gasteiger partial charge in [-0.05, 0) is 50.3 Å². The summed E-state index contributed by atoms with van der Waals surface area (Å²) in [6, 6.07) is 19.3. The van der Waals surface area contributed by atoms with Gasteiger partial charge >= 0.3 is 0 Å². The van der Waals surface area contributed by atoms with E-state index in [4.69, 9.17) is 0 Å². The number of aromatic hydroxyl groups is 1. The van der Waals surface area contributed by atoms with E-state index in [1.54, 1.807) is 0 Å². The van der Waals surface area contributed by atoms with Crippen LogP contribution in [0.1, 0.15) is 43.7 Å². The molecule has 0 amide bonds. The third-order valence-corrected chi connectivity index (χ3v) is 5.96. The lowest BCUT2D eigenvalue weighted by atomic mass is 10.0. The van der Waals surface area contributed by atoms with Crippen molar-refractivity contribution in [3.05, 3.63) is 66.4 Å². The Bertz CT molecular complexity index is 847. The van der Waals surface area contributed by atoms with Gasteiger partial charge in [0.15, 0.2) is 5.88 Å². The molecular weight excluding hydrogens is 332 g/mol. The Morgan fingerprint density at radius 1 is 0.852 bits per heavy atom. The molecule has 142 valence electrons. The van der Waals surface area contributed by atoms with Gasteiger partial charge in [0.1, 0.15) is 0 Å². The van der Waals surface area contributed by atoms with Crippen molar-refractivity contribution >= 4 is 10.8 Å². The van der Waals surface area contributed by atoms with Crippen molar-refractivity contribution in [2.45, 2.75) is 44.6 Å². The second kappa shape index (κ2) is 8.62. The number of rotatable bonds is 7. The van der Waals surface area contributed by atoms with Crippen LogP contribution in [-0.4, -0.2) is 34.2 Å². The summed E-state index contributed by atoms with van der Waals surface area (Å²) >= 11 is 0. The second-order valence-electron chi connectivity index (χ2n) is 7.82. The molecule has 0 spiro atoms. The molecule has 2 heterocycles. The molecule has 1 aliphatic rings. The van der Waals surface area contributed by atoms with Crippen LogP contribution >= 0.6 is 0 Å². The van der Waals surface area contributed by atoms with Crippen molar-refractivity contribution in [1.82, 2.24) is 9.47 Å². The zero-order valence-electron chi connectivity index (χ0n) is 16.1. The number of nitrogens with zero attached hydrogens (tertiary/aromatic N) is 2. The van der Waals surface area contributed by atoms with E-state index in [0.717, 1.165) is 36.7 Å². The summed E-state index contributed by atoms with van der Waals surface area (Å²) in [5, 5.41) is 12.7. The number of aryl methyl sites for hydroxylation is 1. The molecule has 0 aliphatic carbocycles. The molecule has 0 saturated carbocycles. The third-order valence-electron chi connectivity index (χ3n) is 5.96. The smallest absolute Gasteiger partial charge is 0.199 e. The lowest BCUT2D eigenvalue weighted by Crippen LogP contribution is -2.35. The highest BCUT2D eigenvalue weighted by atomic mass is 16.3. The van der Waals surface area contributed by atoms with Crippen LogP contribution in [-0.2, 0) is 6.42 Å². The maximum absolute atomic E-state index is 10.6. The van der Waals surface area contributed by atoms with Crippen LogP contribution in [0.15, 0.2) is 60.8 Å². The number of hydrogen-bond donors (Lipinski definition) is 1. The quantitative estimate of drug-likeness (QED) is 0.570. The first-order valence-corrected chi connectivity index (χ1v) is 10.4. The molecule has 1 saturated heterocycles. The number of aromatic nitrogens is 1. The van der Waals surface area contributed by atoms with Crippen LogP contribution in [0.25, 0.3) is 10.8 Å². The molecule has 0 bridgehead atoms. The van der Waals surface area contributed by atoms with E-state index in [-0.39, 0.29) is 0 Å². The Morgan fingerprint density at radius 3 is 2.37 bits per heavy atom. The summed E-state index contributed by atoms with van der Waals surface area (Å²) < 4.78 is 2.10. The number of fused-ring (bicyclic) bond motifs is 1. The molecule has 27 heavy (non-hydrogen) atoms. The van der Waals surface area contributed by atoms with Gasteiger partial charge in [-0.25, -0.2) is 0 Å². The van der Waals surface area contributed by atoms with Crippen molar-refractivity contribution in [3.63, 3.8) is 0 Å². The number of hydrogen-bond acceptors (Lipinski definition) is 2. The lowest BCUT2D eigenvalue weighted by Gasteiger charge is -2.33. The van der Waals surface area contributed by atoms with E-state index in [0.29, 0.717) is 11.9 Å². The van der Waals surface area contributed by atoms with Crippen LogP contribution in [0.3, 0.4) is 0 Å². The Kier molecular flexibility index (Phi) is 5.78. The number of piperidine rings is 1. The van der Waals surface area contributed by atoms with Gasteiger partial charge in [0.05, 0.1) is 0 Å². The maximum Gasteiger partial charge on any atom is 0.199 e. The Balaban J connectivity index is 1.20. The molecule has 1 aliphatic heterocycles. The third kappa shape index (κ3) is 4.36. The first-order valence-electron chi connectivity index (χ1n) is 10.4. The van der Waals surface area contributed by atoms with Crippen LogP contribution in [0, 0.1) is 0 Å². The van der Waals surface area contributed by atoms with Gasteiger partial charge in [-0.2, -0.15) is 0 Å². The van der Waals surface area contributed by atoms with Gasteiger partial charge in [0.25, 0.3) is 0 Å². The zero-order chi connectivity index (χ0) is 18.5. The van der Waals surface area contributed by atoms with Gasteiger partial charge in [0, 0.05) is 36.1 Å². The first-order chi connectivity index (χ1) is 13.3. The molecule has 0 unspecified atom stereocenters. The van der Waals surface area contributed by atoms with E-state index in [1.807, 2.05) is 18.2 Å². The van der Waals surface area contributed by atoms with Crippen molar-refractivity contribution in [2.24, 2.45) is 0 Å². The Morgan fingerprint density at radius 2 is 1.59 bits per heavy atom. The van der Waals surface area contributed by atoms with Gasteiger partial charge in [-0.3, -0.25) is 0 Å². The summed E-state index contributed by atoms with van der Waals surface area (Å²) in [7, 11) is 0. The van der Waals surface area contributed by atoms with Crippen molar-refractivity contribution in [2.75, 3.05) is 19.6 Å². The molecule has 0 radical (unpaired) electrons. The fraction of sp³-hybridized carbons (Fsp3) is 0.417. The molecule has 2 aromatic carbocycles. The van der Waals surface area contributed by atoms with Crippen LogP contribution < -0.4 is 0 Å². The molecule has 1 aromatic heterocycles. The highest BCUT2D eigenvalue weighted by Crippen LogP contribution is 2.34. The number of likely N-dealkylation sites (tertiary alicyclic amines) is 1. The molecule has 3 aromatic rings. The predicted molar refractivity (Wildman–Crippen MR) is 112 cm³/mol. The lowest BCUT2D eigenvalue weighted by molar-refractivity contribution is 0.178. The van der Waals surface area contributed by atoms with Crippen molar-refractivity contribution in [3.8, 4) is 5.88 Å². The molecule has 3 heteroatoms. The Hall–Kier alpha value is -2.26. The molecule has 1 fully saturated rings. The van der Waals surface area contributed by atoms with Crippen molar-refractivity contribution < 1.29 is 5.11 Å². The minimum absolute atomic E-state index is 0.423. The molecule has 3 nitrogen and oxygen atoms in total. The van der Waals surface area contributed by atoms with Crippen molar-refractivity contribution in [1.29, 1.82) is 0 Å². The second-order valence-corrected chi connectivity index (χ2v) is 7.82. The van der Waals surface area contributed by atoms with Crippen LogP contribution in [0.5, 0.6) is 5.88 Å². The summed E-state index contributed by atoms with van der Waals surface area (Å²) in [5.74, 6) is 0.435. The maximum atomic E-state index is 10.6. The first kappa shape index (κ1) is 18.1. The average Bonchev–Trinajstić information content (AvgIpc) is 3.06. The highest BCUT2D eigenvalue weighted by molar-refractivity contribution is 5.87. The topological polar surface area (TPSA) is 28.4 Å². The molecule has 4 rings (SSSR count). The Labute approximate surface area is 162 Å². The van der Waals surface area contributed by atoms with Crippen LogP contribution in [0.2, 0.25) is 0 Å². The standard InChI is InChI=1S/C24H30N2O/c27-24-23-13-7-6-12-21(23)19-26(24)22-14-17-25(18-15-22)16-8-2-5-11-20-9-3-1-4-10-20/h1,3-4,6-7,9-10,12-13,19,22,27H,2,5,8,11,14-18H2. The van der Waals surface area contributed by atoms with Crippen LogP contribution in [0.4, 0.5) is 0 Å². The van der Waals surface area contributed by atoms with Gasteiger partial charge in [-0.15, -0.1) is 0 Å². The highest BCUT2D eigenvalue weighted by Gasteiger charge is 2.22. The molecule has 1 N–H and O–H groups in total. The summed E-state index contributed by atoms with van der Waals surface area (Å²) in [6.45, 7) is 3.48. The number of benzene rings is 2. The minimum atomic E-state index is 0.423. The fourth-order valence-corrected chi connectivity index (χ4v) is 4.35. The van der Waals surface area contributed by atoms with Gasteiger partial charge in [0.2, 0.25) is 0 Å². The van der Waals surface area contributed by atoms with Gasteiger partial charge in [-0.1, -0.05) is 55.0 Å². The van der Waals surface area contributed by atoms with E-state index < -0.39 is 0 Å². The number of unbranched alkanes of at least 4 members (excludes halogenated alkanes) is 2. The largest absolute Gasteiger partial charge is 0.494 e. The molecular formula is C24H30N2O. The van der Waals surface area contributed by atoms with E-state index in [9.17, 15) is 5.11 Å². The summed E-state index contributed by atoms with van der Waals surface area (Å²) in [5.41, 5.74) is 1.46. The molecule has 0 atom stereocenters. The average molecular weight is 363 g/mol. The summed E-state index contributed by atoms with van der Waals surface area (Å²) in [6.07, 6.45) is 9.44. The predicted octanol–water partition coefficient (Wildman–Crippen LogP) is 5.40. The van der Waals surface area contributed by atoms with E-state index in [2.05, 4.69) is 52.1 Å². The SMILES string of the molecule is Oc1c2ccccc2cn1C1CCN(CCCCCc2ccccc2)CC1. The summed E-state index contributed by atoms with van der Waals surface area (Å²) in [4.78, 5) is 2.60. The monoisotopic (exact) mass is 362 g/mol. The zero-order valence-corrected chi connectivity index (χ0v) is 16.1. The van der Waals surface area contributed by atoms with E-state index >= 15 is 0 Å². The van der Waals surface area contributed by atoms with Gasteiger partial charge < -0.3 is 14.6 Å². The normalized spacial score (nSPS) is 16.1. The minimum Gasteiger partial charge on any atom is -0.494 e. The fourth-order valence-electron chi connectivity index (χ4n) is 4.35.